The molecule has 4 heteroatoms. The summed E-state index contributed by atoms with van der Waals surface area (Å²) < 4.78 is 5.19. The maximum atomic E-state index is 5.19. The smallest absolute Gasteiger partial charge is 0.218 e. The lowest BCUT2D eigenvalue weighted by molar-refractivity contribution is 0.395. The van der Waals surface area contributed by atoms with Gasteiger partial charge in [-0.15, -0.1) is 0 Å². The average Bonchev–Trinajstić information content (AvgIpc) is 2.45. The molecular weight excluding hydrogens is 262 g/mol. The Morgan fingerprint density at radius 3 is 2.52 bits per heavy atom. The van der Waals surface area contributed by atoms with E-state index in [2.05, 4.69) is 53.4 Å². The van der Waals surface area contributed by atoms with Gasteiger partial charge in [-0.3, -0.25) is 0 Å². The summed E-state index contributed by atoms with van der Waals surface area (Å²) in [5, 5.41) is 3.47. The van der Waals surface area contributed by atoms with Crippen LogP contribution in [0.1, 0.15) is 31.7 Å². The fraction of sp³-hybridized carbons (Fsp3) is 0.412. The molecule has 0 radical (unpaired) electrons. The Hall–Kier alpha value is -2.10. The second-order valence-corrected chi connectivity index (χ2v) is 5.84. The van der Waals surface area contributed by atoms with Gasteiger partial charge in [-0.1, -0.05) is 30.3 Å². The molecule has 0 unspecified atom stereocenters. The zero-order valence-corrected chi connectivity index (χ0v) is 13.2. The summed E-state index contributed by atoms with van der Waals surface area (Å²) in [5.41, 5.74) is 1.30. The predicted molar refractivity (Wildman–Crippen MR) is 85.8 cm³/mol. The molecule has 0 atom stereocenters. The van der Waals surface area contributed by atoms with Crippen LogP contribution in [0.5, 0.6) is 5.88 Å². The van der Waals surface area contributed by atoms with E-state index in [0.29, 0.717) is 11.7 Å². The summed E-state index contributed by atoms with van der Waals surface area (Å²) in [6.45, 7) is 6.23. The third kappa shape index (κ3) is 4.74. The number of hydrogen-bond donors (Lipinski definition) is 1. The zero-order valence-electron chi connectivity index (χ0n) is 13.2. The SMILES string of the molecule is COc1cc(NC(C)(C)CCc2ccccc2)nc(C)n1. The van der Waals surface area contributed by atoms with Gasteiger partial charge in [-0.25, -0.2) is 4.98 Å². The van der Waals surface area contributed by atoms with Crippen molar-refractivity contribution < 1.29 is 4.74 Å². The average molecular weight is 285 g/mol. The molecule has 0 bridgehead atoms. The molecule has 112 valence electrons. The predicted octanol–water partition coefficient (Wildman–Crippen LogP) is 3.62. The van der Waals surface area contributed by atoms with E-state index in [-0.39, 0.29) is 5.54 Å². The molecule has 21 heavy (non-hydrogen) atoms. The van der Waals surface area contributed by atoms with Gasteiger partial charge in [0.15, 0.2) is 0 Å². The Morgan fingerprint density at radius 2 is 1.86 bits per heavy atom. The molecule has 1 heterocycles. The van der Waals surface area contributed by atoms with Gasteiger partial charge >= 0.3 is 0 Å². The first kappa shape index (κ1) is 15.3. The monoisotopic (exact) mass is 285 g/mol. The molecule has 0 saturated heterocycles. The summed E-state index contributed by atoms with van der Waals surface area (Å²) in [6, 6.07) is 12.4. The quantitative estimate of drug-likeness (QED) is 0.880. The molecule has 2 aromatic rings. The van der Waals surface area contributed by atoms with E-state index in [4.69, 9.17) is 4.74 Å². The van der Waals surface area contributed by atoms with Crippen molar-refractivity contribution in [2.75, 3.05) is 12.4 Å². The summed E-state index contributed by atoms with van der Waals surface area (Å²) >= 11 is 0. The molecule has 1 aromatic heterocycles. The number of anilines is 1. The molecule has 0 amide bonds. The van der Waals surface area contributed by atoms with Gasteiger partial charge in [0.25, 0.3) is 0 Å². The maximum absolute atomic E-state index is 5.19. The third-order valence-electron chi connectivity index (χ3n) is 3.37. The van der Waals surface area contributed by atoms with Crippen molar-refractivity contribution in [3.05, 3.63) is 47.8 Å². The van der Waals surface area contributed by atoms with Crippen molar-refractivity contribution >= 4 is 5.82 Å². The molecule has 0 aliphatic carbocycles. The highest BCUT2D eigenvalue weighted by Crippen LogP contribution is 2.21. The number of methoxy groups -OCH3 is 1. The largest absolute Gasteiger partial charge is 0.481 e. The zero-order chi connectivity index (χ0) is 15.3. The minimum absolute atomic E-state index is 0.0539. The Bertz CT molecular complexity index is 582. The van der Waals surface area contributed by atoms with Crippen LogP contribution in [0.4, 0.5) is 5.82 Å². The van der Waals surface area contributed by atoms with Gasteiger partial charge in [0.05, 0.1) is 7.11 Å². The standard InChI is InChI=1S/C17H23N3O/c1-13-18-15(12-16(19-13)21-4)20-17(2,3)11-10-14-8-6-5-7-9-14/h5-9,12H,10-11H2,1-4H3,(H,18,19,20). The van der Waals surface area contributed by atoms with Crippen molar-refractivity contribution in [1.29, 1.82) is 0 Å². The Balaban J connectivity index is 2.01. The molecule has 0 fully saturated rings. The van der Waals surface area contributed by atoms with E-state index in [1.165, 1.54) is 5.56 Å². The molecule has 1 aromatic carbocycles. The highest BCUT2D eigenvalue weighted by molar-refractivity contribution is 5.40. The van der Waals surface area contributed by atoms with E-state index in [1.807, 2.05) is 19.1 Å². The fourth-order valence-electron chi connectivity index (χ4n) is 2.22. The van der Waals surface area contributed by atoms with Crippen LogP contribution in [0.3, 0.4) is 0 Å². The van der Waals surface area contributed by atoms with E-state index in [9.17, 15) is 0 Å². The highest BCUT2D eigenvalue weighted by atomic mass is 16.5. The minimum atomic E-state index is -0.0539. The molecule has 1 N–H and O–H groups in total. The maximum Gasteiger partial charge on any atom is 0.218 e. The third-order valence-corrected chi connectivity index (χ3v) is 3.37. The molecule has 0 saturated carbocycles. The van der Waals surface area contributed by atoms with Crippen molar-refractivity contribution in [3.63, 3.8) is 0 Å². The second-order valence-electron chi connectivity index (χ2n) is 5.84. The van der Waals surface area contributed by atoms with Crippen LogP contribution in [0, 0.1) is 6.92 Å². The van der Waals surface area contributed by atoms with Gasteiger partial charge in [0, 0.05) is 11.6 Å². The van der Waals surface area contributed by atoms with Crippen molar-refractivity contribution in [3.8, 4) is 5.88 Å². The van der Waals surface area contributed by atoms with Crippen molar-refractivity contribution in [1.82, 2.24) is 9.97 Å². The topological polar surface area (TPSA) is 47.0 Å². The Morgan fingerprint density at radius 1 is 1.14 bits per heavy atom. The number of aryl methyl sites for hydroxylation is 2. The highest BCUT2D eigenvalue weighted by Gasteiger charge is 2.18. The van der Waals surface area contributed by atoms with Crippen LogP contribution in [0.2, 0.25) is 0 Å². The lowest BCUT2D eigenvalue weighted by Gasteiger charge is -2.27. The first-order valence-electron chi connectivity index (χ1n) is 7.20. The van der Waals surface area contributed by atoms with Gasteiger partial charge in [-0.05, 0) is 39.2 Å². The van der Waals surface area contributed by atoms with E-state index < -0.39 is 0 Å². The van der Waals surface area contributed by atoms with E-state index in [1.54, 1.807) is 7.11 Å². The van der Waals surface area contributed by atoms with Gasteiger partial charge < -0.3 is 10.1 Å². The molecule has 0 aliphatic heterocycles. The lowest BCUT2D eigenvalue weighted by Crippen LogP contribution is -2.32. The Kier molecular flexibility index (Phi) is 4.78. The van der Waals surface area contributed by atoms with Crippen LogP contribution in [0.15, 0.2) is 36.4 Å². The van der Waals surface area contributed by atoms with Crippen molar-refractivity contribution in [2.45, 2.75) is 39.2 Å². The first-order valence-corrected chi connectivity index (χ1v) is 7.20. The van der Waals surface area contributed by atoms with Gasteiger partial charge in [0.1, 0.15) is 11.6 Å². The number of rotatable bonds is 6. The fourth-order valence-corrected chi connectivity index (χ4v) is 2.22. The number of benzene rings is 1. The van der Waals surface area contributed by atoms with Crippen LogP contribution < -0.4 is 10.1 Å². The second kappa shape index (κ2) is 6.57. The summed E-state index contributed by atoms with van der Waals surface area (Å²) in [6.07, 6.45) is 2.05. The normalized spacial score (nSPS) is 11.2. The number of ether oxygens (including phenoxy) is 1. The minimum Gasteiger partial charge on any atom is -0.481 e. The number of nitrogens with one attached hydrogen (secondary N) is 1. The van der Waals surface area contributed by atoms with Crippen molar-refractivity contribution in [2.24, 2.45) is 0 Å². The number of nitrogens with zero attached hydrogens (tertiary/aromatic N) is 2. The van der Waals surface area contributed by atoms with E-state index in [0.717, 1.165) is 18.7 Å². The van der Waals surface area contributed by atoms with E-state index >= 15 is 0 Å². The molecule has 0 aliphatic rings. The number of aromatic nitrogens is 2. The summed E-state index contributed by atoms with van der Waals surface area (Å²) in [5.74, 6) is 2.09. The molecular formula is C17H23N3O. The molecule has 4 nitrogen and oxygen atoms in total. The van der Waals surface area contributed by atoms with Crippen LogP contribution in [-0.2, 0) is 6.42 Å². The van der Waals surface area contributed by atoms with Crippen LogP contribution in [0.25, 0.3) is 0 Å². The summed E-state index contributed by atoms with van der Waals surface area (Å²) in [4.78, 5) is 8.62. The summed E-state index contributed by atoms with van der Waals surface area (Å²) in [7, 11) is 1.62. The Labute approximate surface area is 126 Å². The molecule has 2 rings (SSSR count). The number of hydrogen-bond acceptors (Lipinski definition) is 4. The van der Waals surface area contributed by atoms with Gasteiger partial charge in [0.2, 0.25) is 5.88 Å². The van der Waals surface area contributed by atoms with Crippen LogP contribution >= 0.6 is 0 Å². The van der Waals surface area contributed by atoms with Gasteiger partial charge in [-0.2, -0.15) is 4.98 Å². The first-order chi connectivity index (χ1) is 9.98. The molecule has 0 spiro atoms. The van der Waals surface area contributed by atoms with Crippen LogP contribution in [-0.4, -0.2) is 22.6 Å². The lowest BCUT2D eigenvalue weighted by atomic mass is 9.95.